The van der Waals surface area contributed by atoms with Gasteiger partial charge in [-0.25, -0.2) is 13.1 Å². The Balaban J connectivity index is 1.46. The molecule has 3 aromatic rings. The maximum atomic E-state index is 11.5. The molecule has 1 aliphatic rings. The van der Waals surface area contributed by atoms with Gasteiger partial charge in [-0.05, 0) is 30.5 Å². The molecular weight excluding hydrogens is 388 g/mol. The maximum absolute atomic E-state index is 11.5. The number of sulfonamides is 1. The van der Waals surface area contributed by atoms with Gasteiger partial charge in [-0.1, -0.05) is 36.4 Å². The van der Waals surface area contributed by atoms with Crippen LogP contribution in [0.3, 0.4) is 0 Å². The van der Waals surface area contributed by atoms with Gasteiger partial charge < -0.3 is 4.74 Å². The van der Waals surface area contributed by atoms with E-state index in [9.17, 15) is 8.42 Å². The van der Waals surface area contributed by atoms with Crippen molar-refractivity contribution in [2.45, 2.75) is 32.2 Å². The van der Waals surface area contributed by atoms with Gasteiger partial charge in [0.05, 0.1) is 30.0 Å². The van der Waals surface area contributed by atoms with Gasteiger partial charge in [-0.15, -0.1) is 0 Å². The first-order valence-electron chi connectivity index (χ1n) is 9.79. The van der Waals surface area contributed by atoms with Gasteiger partial charge in [0.1, 0.15) is 12.4 Å². The predicted molar refractivity (Wildman–Crippen MR) is 113 cm³/mol. The third-order valence-corrected chi connectivity index (χ3v) is 5.87. The second kappa shape index (κ2) is 8.52. The number of hydrogen-bond acceptors (Lipinski definition) is 5. The molecule has 0 bridgehead atoms. The molecule has 7 nitrogen and oxygen atoms in total. The number of piperidine rings is 1. The first-order chi connectivity index (χ1) is 14.0. The molecule has 1 saturated heterocycles. The van der Waals surface area contributed by atoms with Crippen LogP contribution in [-0.4, -0.2) is 48.5 Å². The largest absolute Gasteiger partial charge is 0.488 e. The van der Waals surface area contributed by atoms with Crippen LogP contribution in [0.2, 0.25) is 0 Å². The van der Waals surface area contributed by atoms with Gasteiger partial charge in [0, 0.05) is 19.1 Å². The van der Waals surface area contributed by atoms with Crippen molar-refractivity contribution in [3.8, 4) is 5.75 Å². The number of rotatable bonds is 7. The Kier molecular flexibility index (Phi) is 5.84. The van der Waals surface area contributed by atoms with Gasteiger partial charge in [0.15, 0.2) is 0 Å². The van der Waals surface area contributed by atoms with Crippen LogP contribution >= 0.6 is 0 Å². The Hall–Kier alpha value is -2.42. The number of ether oxygens (including phenoxy) is 1. The maximum Gasteiger partial charge on any atom is 0.208 e. The van der Waals surface area contributed by atoms with Gasteiger partial charge in [-0.3, -0.25) is 9.58 Å². The van der Waals surface area contributed by atoms with Crippen LogP contribution in [0.25, 0.3) is 10.9 Å². The minimum Gasteiger partial charge on any atom is -0.488 e. The number of likely N-dealkylation sites (tertiary alicyclic amines) is 1. The van der Waals surface area contributed by atoms with E-state index in [1.54, 1.807) is 0 Å². The SMILES string of the molecule is CS(=O)(=O)NC1CCCN(Cn2ncc3c(OCc4ccccc4)cccc32)C1. The van der Waals surface area contributed by atoms with Crippen LogP contribution in [0.5, 0.6) is 5.75 Å². The summed E-state index contributed by atoms with van der Waals surface area (Å²) in [4.78, 5) is 2.23. The average molecular weight is 415 g/mol. The van der Waals surface area contributed by atoms with Crippen LogP contribution < -0.4 is 9.46 Å². The molecule has 154 valence electrons. The lowest BCUT2D eigenvalue weighted by Crippen LogP contribution is -2.47. The molecule has 2 aromatic carbocycles. The van der Waals surface area contributed by atoms with E-state index < -0.39 is 10.0 Å². The Morgan fingerprint density at radius 1 is 1.17 bits per heavy atom. The Labute approximate surface area is 171 Å². The van der Waals surface area contributed by atoms with E-state index in [2.05, 4.69) is 14.7 Å². The number of nitrogens with one attached hydrogen (secondary N) is 1. The summed E-state index contributed by atoms with van der Waals surface area (Å²) in [5, 5.41) is 5.54. The minimum absolute atomic E-state index is 0.0506. The fourth-order valence-electron chi connectivity index (χ4n) is 3.82. The smallest absolute Gasteiger partial charge is 0.208 e. The molecule has 1 aliphatic heterocycles. The third kappa shape index (κ3) is 5.14. The summed E-state index contributed by atoms with van der Waals surface area (Å²) in [6.45, 7) is 2.73. The normalized spacial score (nSPS) is 18.2. The molecular formula is C21H26N4O3S. The fourth-order valence-corrected chi connectivity index (χ4v) is 4.62. The summed E-state index contributed by atoms with van der Waals surface area (Å²) in [5.41, 5.74) is 2.13. The second-order valence-electron chi connectivity index (χ2n) is 7.55. The molecule has 1 aromatic heterocycles. The lowest BCUT2D eigenvalue weighted by molar-refractivity contribution is 0.156. The average Bonchev–Trinajstić information content (AvgIpc) is 3.10. The lowest BCUT2D eigenvalue weighted by atomic mass is 10.1. The number of fused-ring (bicyclic) bond motifs is 1. The van der Waals surface area contributed by atoms with Crippen LogP contribution in [0.1, 0.15) is 18.4 Å². The van der Waals surface area contributed by atoms with E-state index >= 15 is 0 Å². The second-order valence-corrected chi connectivity index (χ2v) is 9.33. The molecule has 8 heteroatoms. The summed E-state index contributed by atoms with van der Waals surface area (Å²) >= 11 is 0. The molecule has 1 N–H and O–H groups in total. The zero-order valence-corrected chi connectivity index (χ0v) is 17.3. The van der Waals surface area contributed by atoms with Crippen LogP contribution in [0.4, 0.5) is 0 Å². The number of benzene rings is 2. The Morgan fingerprint density at radius 3 is 2.79 bits per heavy atom. The van der Waals surface area contributed by atoms with Crippen LogP contribution in [-0.2, 0) is 23.3 Å². The molecule has 0 amide bonds. The van der Waals surface area contributed by atoms with Crippen molar-refractivity contribution in [2.75, 3.05) is 19.3 Å². The zero-order valence-electron chi connectivity index (χ0n) is 16.5. The first-order valence-corrected chi connectivity index (χ1v) is 11.7. The molecule has 4 rings (SSSR count). The lowest BCUT2D eigenvalue weighted by Gasteiger charge is -2.32. The standard InChI is InChI=1S/C21H26N4O3S/c1-29(26,27)23-18-9-6-12-24(14-18)16-25-20-10-5-11-21(19(20)13-22-25)28-15-17-7-3-2-4-8-17/h2-5,7-8,10-11,13,18,23H,6,9,12,14-16H2,1H3. The summed E-state index contributed by atoms with van der Waals surface area (Å²) in [5.74, 6) is 0.813. The monoisotopic (exact) mass is 414 g/mol. The van der Waals surface area contributed by atoms with Crippen molar-refractivity contribution >= 4 is 20.9 Å². The quantitative estimate of drug-likeness (QED) is 0.643. The van der Waals surface area contributed by atoms with Crippen LogP contribution in [0, 0.1) is 0 Å². The van der Waals surface area contributed by atoms with E-state index in [4.69, 9.17) is 4.74 Å². The molecule has 0 aliphatic carbocycles. The molecule has 1 unspecified atom stereocenters. The highest BCUT2D eigenvalue weighted by Gasteiger charge is 2.23. The summed E-state index contributed by atoms with van der Waals surface area (Å²) in [6, 6.07) is 16.0. The molecule has 0 saturated carbocycles. The van der Waals surface area contributed by atoms with Gasteiger partial charge in [0.2, 0.25) is 10.0 Å². The van der Waals surface area contributed by atoms with Gasteiger partial charge >= 0.3 is 0 Å². The third-order valence-electron chi connectivity index (χ3n) is 5.10. The molecule has 2 heterocycles. The summed E-state index contributed by atoms with van der Waals surface area (Å²) < 4.78 is 33.8. The fraction of sp³-hybridized carbons (Fsp3) is 0.381. The van der Waals surface area contributed by atoms with E-state index in [1.165, 1.54) is 6.26 Å². The predicted octanol–water partition coefficient (Wildman–Crippen LogP) is 2.59. The van der Waals surface area contributed by atoms with E-state index in [-0.39, 0.29) is 6.04 Å². The van der Waals surface area contributed by atoms with Gasteiger partial charge in [0.25, 0.3) is 0 Å². The Morgan fingerprint density at radius 2 is 2.00 bits per heavy atom. The summed E-state index contributed by atoms with van der Waals surface area (Å²) in [6.07, 6.45) is 4.87. The topological polar surface area (TPSA) is 76.5 Å². The van der Waals surface area contributed by atoms with Crippen molar-refractivity contribution in [2.24, 2.45) is 0 Å². The molecule has 0 radical (unpaired) electrons. The molecule has 1 fully saturated rings. The highest BCUT2D eigenvalue weighted by atomic mass is 32.2. The van der Waals surface area contributed by atoms with Gasteiger partial charge in [-0.2, -0.15) is 5.10 Å². The van der Waals surface area contributed by atoms with Crippen molar-refractivity contribution in [1.82, 2.24) is 19.4 Å². The van der Waals surface area contributed by atoms with Crippen molar-refractivity contribution in [3.05, 3.63) is 60.3 Å². The van der Waals surface area contributed by atoms with Crippen molar-refractivity contribution in [3.63, 3.8) is 0 Å². The minimum atomic E-state index is -3.19. The van der Waals surface area contributed by atoms with E-state index in [0.717, 1.165) is 41.6 Å². The number of aromatic nitrogens is 2. The highest BCUT2D eigenvalue weighted by Crippen LogP contribution is 2.26. The van der Waals surface area contributed by atoms with Crippen LogP contribution in [0.15, 0.2) is 54.7 Å². The number of nitrogens with zero attached hydrogens (tertiary/aromatic N) is 3. The number of hydrogen-bond donors (Lipinski definition) is 1. The highest BCUT2D eigenvalue weighted by molar-refractivity contribution is 7.88. The molecule has 0 spiro atoms. The van der Waals surface area contributed by atoms with E-state index in [0.29, 0.717) is 19.8 Å². The zero-order chi connectivity index (χ0) is 20.3. The Bertz CT molecular complexity index is 1070. The van der Waals surface area contributed by atoms with E-state index in [1.807, 2.05) is 59.4 Å². The first kappa shape index (κ1) is 19.9. The molecule has 29 heavy (non-hydrogen) atoms. The van der Waals surface area contributed by atoms with Crippen molar-refractivity contribution < 1.29 is 13.2 Å². The molecule has 1 atom stereocenters. The summed E-state index contributed by atoms with van der Waals surface area (Å²) in [7, 11) is -3.19. The van der Waals surface area contributed by atoms with Crippen molar-refractivity contribution in [1.29, 1.82) is 0 Å².